The molecule has 0 radical (unpaired) electrons. The monoisotopic (exact) mass is 159 g/mol. The van der Waals surface area contributed by atoms with Gasteiger partial charge >= 0.3 is 0 Å². The first-order valence-electron chi connectivity index (χ1n) is 3.63. The van der Waals surface area contributed by atoms with Crippen molar-refractivity contribution in [2.45, 2.75) is 5.54 Å². The molecule has 4 heteroatoms. The number of carbonyl (C=O) groups is 1. The first kappa shape index (κ1) is 10.6. The second kappa shape index (κ2) is 4.43. The summed E-state index contributed by atoms with van der Waals surface area (Å²) in [6.07, 6.45) is 1.02. The Labute approximate surface area is 67.7 Å². The molecular formula is C7H17N3O. The molecule has 0 aromatic rings. The van der Waals surface area contributed by atoms with E-state index in [1.165, 1.54) is 7.05 Å². The molecule has 0 bridgehead atoms. The third kappa shape index (κ3) is 1.99. The van der Waals surface area contributed by atoms with Crippen LogP contribution in [0.25, 0.3) is 0 Å². The Kier molecular flexibility index (Phi) is 4.25. The molecule has 1 aliphatic rings. The quantitative estimate of drug-likeness (QED) is 0.490. The van der Waals surface area contributed by atoms with E-state index in [0.717, 1.165) is 19.4 Å². The zero-order chi connectivity index (χ0) is 8.91. The Morgan fingerprint density at radius 2 is 1.91 bits per heavy atom. The third-order valence-electron chi connectivity index (χ3n) is 1.97. The molecule has 0 spiro atoms. The van der Waals surface area contributed by atoms with Gasteiger partial charge in [0.15, 0.2) is 0 Å². The van der Waals surface area contributed by atoms with Crippen LogP contribution in [0.2, 0.25) is 0 Å². The van der Waals surface area contributed by atoms with Crippen LogP contribution in [0.4, 0.5) is 0 Å². The number of hydrogen-bond donors (Lipinski definition) is 2. The molecule has 1 aliphatic heterocycles. The van der Waals surface area contributed by atoms with Gasteiger partial charge in [0, 0.05) is 13.1 Å². The lowest BCUT2D eigenvalue weighted by Crippen LogP contribution is -2.68. The standard InChI is InChI=1S/C6H12N2O.CH5N/c1-8(2)6(5-9)3-7-4-6;1-2/h5,7H,3-4H2,1-2H3;2H2,1H3. The zero-order valence-corrected chi connectivity index (χ0v) is 7.42. The molecule has 0 saturated carbocycles. The third-order valence-corrected chi connectivity index (χ3v) is 1.97. The van der Waals surface area contributed by atoms with Crippen LogP contribution in [-0.4, -0.2) is 51.0 Å². The largest absolute Gasteiger partial charge is 0.333 e. The number of rotatable bonds is 2. The van der Waals surface area contributed by atoms with Gasteiger partial charge in [0.2, 0.25) is 0 Å². The Morgan fingerprint density at radius 1 is 1.45 bits per heavy atom. The van der Waals surface area contributed by atoms with Crippen LogP contribution < -0.4 is 11.1 Å². The second-order valence-corrected chi connectivity index (χ2v) is 2.72. The molecule has 66 valence electrons. The fraction of sp³-hybridized carbons (Fsp3) is 0.857. The molecule has 0 atom stereocenters. The van der Waals surface area contributed by atoms with Crippen molar-refractivity contribution in [2.75, 3.05) is 34.2 Å². The van der Waals surface area contributed by atoms with Crippen molar-refractivity contribution in [3.8, 4) is 0 Å². The van der Waals surface area contributed by atoms with Gasteiger partial charge < -0.3 is 15.8 Å². The molecule has 0 aromatic heterocycles. The highest BCUT2D eigenvalue weighted by Gasteiger charge is 2.38. The summed E-state index contributed by atoms with van der Waals surface area (Å²) in [6, 6.07) is 0. The number of carbonyl (C=O) groups excluding carboxylic acids is 1. The van der Waals surface area contributed by atoms with Gasteiger partial charge in [0.25, 0.3) is 0 Å². The van der Waals surface area contributed by atoms with Crippen LogP contribution in [0.3, 0.4) is 0 Å². The lowest BCUT2D eigenvalue weighted by Gasteiger charge is -2.42. The minimum atomic E-state index is -0.194. The minimum absolute atomic E-state index is 0.194. The number of hydrogen-bond acceptors (Lipinski definition) is 4. The maximum Gasteiger partial charge on any atom is 0.142 e. The fourth-order valence-electron chi connectivity index (χ4n) is 0.886. The normalized spacial score (nSPS) is 19.7. The maximum atomic E-state index is 10.5. The molecule has 11 heavy (non-hydrogen) atoms. The zero-order valence-electron chi connectivity index (χ0n) is 7.42. The van der Waals surface area contributed by atoms with E-state index >= 15 is 0 Å². The van der Waals surface area contributed by atoms with E-state index in [9.17, 15) is 4.79 Å². The van der Waals surface area contributed by atoms with Gasteiger partial charge in [-0.3, -0.25) is 4.90 Å². The first-order valence-corrected chi connectivity index (χ1v) is 3.63. The summed E-state index contributed by atoms with van der Waals surface area (Å²) in [5.41, 5.74) is 4.31. The van der Waals surface area contributed by atoms with E-state index in [2.05, 4.69) is 11.1 Å². The summed E-state index contributed by atoms with van der Waals surface area (Å²) in [5.74, 6) is 0. The molecule has 0 aromatic carbocycles. The van der Waals surface area contributed by atoms with Gasteiger partial charge in [0.05, 0.1) is 0 Å². The summed E-state index contributed by atoms with van der Waals surface area (Å²) < 4.78 is 0. The van der Waals surface area contributed by atoms with E-state index in [1.807, 2.05) is 19.0 Å². The van der Waals surface area contributed by atoms with Crippen molar-refractivity contribution < 1.29 is 4.79 Å². The van der Waals surface area contributed by atoms with Crippen LogP contribution in [-0.2, 0) is 4.79 Å². The van der Waals surface area contributed by atoms with Gasteiger partial charge in [-0.15, -0.1) is 0 Å². The number of aldehydes is 1. The average molecular weight is 159 g/mol. The molecule has 0 amide bonds. The second-order valence-electron chi connectivity index (χ2n) is 2.72. The predicted octanol–water partition coefficient (Wildman–Crippen LogP) is -1.34. The molecule has 1 fully saturated rings. The highest BCUT2D eigenvalue weighted by molar-refractivity contribution is 5.67. The number of nitrogens with two attached hydrogens (primary N) is 1. The Bertz CT molecular complexity index is 121. The van der Waals surface area contributed by atoms with Crippen molar-refractivity contribution in [1.29, 1.82) is 0 Å². The van der Waals surface area contributed by atoms with E-state index in [0.29, 0.717) is 0 Å². The average Bonchev–Trinajstić information content (AvgIpc) is 1.90. The number of nitrogens with zero attached hydrogens (tertiary/aromatic N) is 1. The number of nitrogens with one attached hydrogen (secondary N) is 1. The molecule has 1 heterocycles. The van der Waals surface area contributed by atoms with E-state index < -0.39 is 0 Å². The molecule has 1 saturated heterocycles. The van der Waals surface area contributed by atoms with E-state index in [-0.39, 0.29) is 5.54 Å². The van der Waals surface area contributed by atoms with E-state index in [4.69, 9.17) is 0 Å². The summed E-state index contributed by atoms with van der Waals surface area (Å²) in [6.45, 7) is 1.59. The lowest BCUT2D eigenvalue weighted by atomic mass is 9.93. The topological polar surface area (TPSA) is 58.4 Å². The van der Waals surface area contributed by atoms with Gasteiger partial charge in [-0.05, 0) is 21.1 Å². The van der Waals surface area contributed by atoms with Crippen LogP contribution >= 0.6 is 0 Å². The van der Waals surface area contributed by atoms with Crippen LogP contribution in [0, 0.1) is 0 Å². The Morgan fingerprint density at radius 3 is 1.91 bits per heavy atom. The van der Waals surface area contributed by atoms with Crippen molar-refractivity contribution in [3.63, 3.8) is 0 Å². The van der Waals surface area contributed by atoms with Crippen molar-refractivity contribution in [2.24, 2.45) is 5.73 Å². The highest BCUT2D eigenvalue weighted by Crippen LogP contribution is 2.13. The molecule has 3 N–H and O–H groups in total. The maximum absolute atomic E-state index is 10.5. The van der Waals surface area contributed by atoms with Gasteiger partial charge in [-0.2, -0.15) is 0 Å². The fourth-order valence-corrected chi connectivity index (χ4v) is 0.886. The van der Waals surface area contributed by atoms with Crippen LogP contribution in [0.5, 0.6) is 0 Å². The molecular weight excluding hydrogens is 142 g/mol. The molecule has 0 aliphatic carbocycles. The summed E-state index contributed by atoms with van der Waals surface area (Å²) >= 11 is 0. The summed E-state index contributed by atoms with van der Waals surface area (Å²) in [7, 11) is 5.35. The summed E-state index contributed by atoms with van der Waals surface area (Å²) in [4.78, 5) is 12.4. The minimum Gasteiger partial charge on any atom is -0.333 e. The summed E-state index contributed by atoms with van der Waals surface area (Å²) in [5, 5.41) is 3.06. The lowest BCUT2D eigenvalue weighted by molar-refractivity contribution is -0.119. The molecule has 0 unspecified atom stereocenters. The van der Waals surface area contributed by atoms with Crippen molar-refractivity contribution in [3.05, 3.63) is 0 Å². The Hall–Kier alpha value is -0.450. The Balaban J connectivity index is 0.000000461. The van der Waals surface area contributed by atoms with E-state index in [1.54, 1.807) is 0 Å². The highest BCUT2D eigenvalue weighted by atomic mass is 16.1. The molecule has 1 rings (SSSR count). The smallest absolute Gasteiger partial charge is 0.142 e. The van der Waals surface area contributed by atoms with Crippen molar-refractivity contribution >= 4 is 6.29 Å². The van der Waals surface area contributed by atoms with Gasteiger partial charge in [-0.25, -0.2) is 0 Å². The SMILES string of the molecule is CN.CN(C)C1(C=O)CNC1. The first-order chi connectivity index (χ1) is 5.21. The van der Waals surface area contributed by atoms with Gasteiger partial charge in [0.1, 0.15) is 11.8 Å². The predicted molar refractivity (Wildman–Crippen MR) is 45.5 cm³/mol. The molecule has 4 nitrogen and oxygen atoms in total. The van der Waals surface area contributed by atoms with Gasteiger partial charge in [-0.1, -0.05) is 0 Å². The van der Waals surface area contributed by atoms with Crippen molar-refractivity contribution in [1.82, 2.24) is 10.2 Å². The van der Waals surface area contributed by atoms with Crippen LogP contribution in [0.1, 0.15) is 0 Å². The number of likely N-dealkylation sites (N-methyl/N-ethyl adjacent to an activating group) is 1. The van der Waals surface area contributed by atoms with Crippen LogP contribution in [0.15, 0.2) is 0 Å².